The Kier molecular flexibility index (Phi) is 3.32. The van der Waals surface area contributed by atoms with Gasteiger partial charge in [-0.3, -0.25) is 0 Å². The largest absolute Gasteiger partial charge is 0.148 e. The second-order valence-electron chi connectivity index (χ2n) is 4.62. The summed E-state index contributed by atoms with van der Waals surface area (Å²) >= 11 is 1.83. The van der Waals surface area contributed by atoms with Gasteiger partial charge in [-0.15, -0.1) is 17.9 Å². The molecule has 72 valence electrons. The molecule has 1 atom stereocenters. The molecular formula is C12H18S. The average molecular weight is 194 g/mol. The Morgan fingerprint density at radius 3 is 2.62 bits per heavy atom. The van der Waals surface area contributed by atoms with Crippen molar-refractivity contribution in [3.8, 4) is 0 Å². The molecule has 0 spiro atoms. The molecule has 0 fully saturated rings. The van der Waals surface area contributed by atoms with Crippen molar-refractivity contribution in [2.45, 2.75) is 33.1 Å². The molecular weight excluding hydrogens is 176 g/mol. The summed E-state index contributed by atoms with van der Waals surface area (Å²) < 4.78 is 0. The minimum atomic E-state index is 0.378. The van der Waals surface area contributed by atoms with Crippen LogP contribution in [0.15, 0.2) is 30.2 Å². The quantitative estimate of drug-likeness (QED) is 0.623. The number of allylic oxidation sites excluding steroid dienone is 1. The molecule has 0 N–H and O–H groups in total. The van der Waals surface area contributed by atoms with Gasteiger partial charge >= 0.3 is 0 Å². The molecule has 0 aliphatic rings. The first-order valence-corrected chi connectivity index (χ1v) is 5.57. The Hall–Kier alpha value is -0.560. The first-order chi connectivity index (χ1) is 6.03. The van der Waals surface area contributed by atoms with Crippen LogP contribution in [0.2, 0.25) is 0 Å². The molecule has 0 nitrogen and oxygen atoms in total. The third-order valence-electron chi connectivity index (χ3n) is 2.03. The van der Waals surface area contributed by atoms with E-state index in [2.05, 4.69) is 50.9 Å². The number of thiophene rings is 1. The highest BCUT2D eigenvalue weighted by Gasteiger charge is 2.18. The molecule has 0 radical (unpaired) electrons. The van der Waals surface area contributed by atoms with E-state index < -0.39 is 0 Å². The van der Waals surface area contributed by atoms with E-state index in [0.29, 0.717) is 11.3 Å². The fourth-order valence-electron chi connectivity index (χ4n) is 1.46. The zero-order valence-corrected chi connectivity index (χ0v) is 9.53. The minimum Gasteiger partial charge on any atom is -0.148 e. The molecule has 0 aromatic carbocycles. The van der Waals surface area contributed by atoms with Crippen LogP contribution in [0.25, 0.3) is 0 Å². The van der Waals surface area contributed by atoms with Crippen LogP contribution in [0, 0.1) is 5.41 Å². The van der Waals surface area contributed by atoms with Crippen molar-refractivity contribution in [3.63, 3.8) is 0 Å². The lowest BCUT2D eigenvalue weighted by Crippen LogP contribution is -2.09. The first-order valence-electron chi connectivity index (χ1n) is 4.69. The molecule has 1 heteroatoms. The van der Waals surface area contributed by atoms with Crippen LogP contribution in [0.1, 0.15) is 38.0 Å². The maximum atomic E-state index is 3.91. The molecule has 0 saturated heterocycles. The Labute approximate surface area is 85.3 Å². The molecule has 1 rings (SSSR count). The van der Waals surface area contributed by atoms with Crippen molar-refractivity contribution in [2.24, 2.45) is 5.41 Å². The molecule has 0 bridgehead atoms. The van der Waals surface area contributed by atoms with Crippen LogP contribution in [0.5, 0.6) is 0 Å². The highest BCUT2D eigenvalue weighted by Crippen LogP contribution is 2.33. The normalized spacial score (nSPS) is 14.1. The summed E-state index contributed by atoms with van der Waals surface area (Å²) in [6.07, 6.45) is 3.24. The van der Waals surface area contributed by atoms with E-state index in [1.165, 1.54) is 11.3 Å². The summed E-state index contributed by atoms with van der Waals surface area (Å²) in [5.41, 5.74) is 0.378. The van der Waals surface area contributed by atoms with E-state index in [1.54, 1.807) is 0 Å². The molecule has 0 amide bonds. The fraction of sp³-hybridized carbons (Fsp3) is 0.500. The fourth-order valence-corrected chi connectivity index (χ4v) is 2.29. The topological polar surface area (TPSA) is 0 Å². The number of rotatable bonds is 3. The van der Waals surface area contributed by atoms with Crippen LogP contribution in [-0.2, 0) is 0 Å². The summed E-state index contributed by atoms with van der Waals surface area (Å²) in [6.45, 7) is 10.7. The van der Waals surface area contributed by atoms with Gasteiger partial charge in [0.2, 0.25) is 0 Å². The summed E-state index contributed by atoms with van der Waals surface area (Å²) in [6, 6.07) is 4.31. The van der Waals surface area contributed by atoms with Crippen molar-refractivity contribution < 1.29 is 0 Å². The van der Waals surface area contributed by atoms with Crippen LogP contribution < -0.4 is 0 Å². The van der Waals surface area contributed by atoms with Gasteiger partial charge in [0.15, 0.2) is 0 Å². The van der Waals surface area contributed by atoms with Gasteiger partial charge < -0.3 is 0 Å². The van der Waals surface area contributed by atoms with Crippen molar-refractivity contribution in [2.75, 3.05) is 0 Å². The predicted octanol–water partition coefficient (Wildman–Crippen LogP) is 4.45. The van der Waals surface area contributed by atoms with Crippen LogP contribution >= 0.6 is 11.3 Å². The summed E-state index contributed by atoms with van der Waals surface area (Å²) in [4.78, 5) is 1.44. The Morgan fingerprint density at radius 2 is 2.23 bits per heavy atom. The van der Waals surface area contributed by atoms with Crippen molar-refractivity contribution in [1.29, 1.82) is 0 Å². The van der Waals surface area contributed by atoms with Crippen LogP contribution in [0.3, 0.4) is 0 Å². The highest BCUT2D eigenvalue weighted by molar-refractivity contribution is 7.10. The van der Waals surface area contributed by atoms with Gasteiger partial charge in [-0.1, -0.05) is 32.9 Å². The summed E-state index contributed by atoms with van der Waals surface area (Å²) in [5.74, 6) is 0.528. The van der Waals surface area contributed by atoms with Gasteiger partial charge in [0.25, 0.3) is 0 Å². The maximum absolute atomic E-state index is 3.91. The Bertz CT molecular complexity index is 251. The van der Waals surface area contributed by atoms with Gasteiger partial charge in [-0.25, -0.2) is 0 Å². The van der Waals surface area contributed by atoms with Gasteiger partial charge in [-0.2, -0.15) is 0 Å². The van der Waals surface area contributed by atoms with Crippen molar-refractivity contribution in [3.05, 3.63) is 35.0 Å². The van der Waals surface area contributed by atoms with Gasteiger partial charge in [0.05, 0.1) is 0 Å². The summed E-state index contributed by atoms with van der Waals surface area (Å²) in [5, 5.41) is 2.13. The van der Waals surface area contributed by atoms with Gasteiger partial charge in [0, 0.05) is 10.8 Å². The molecule has 13 heavy (non-hydrogen) atoms. The molecule has 1 aromatic rings. The predicted molar refractivity (Wildman–Crippen MR) is 61.3 cm³/mol. The first kappa shape index (κ1) is 10.5. The third-order valence-corrected chi connectivity index (χ3v) is 3.03. The minimum absolute atomic E-state index is 0.378. The SMILES string of the molecule is C=C[C@H](CC(C)(C)C)c1cccs1. The maximum Gasteiger partial charge on any atom is 0.0115 e. The Morgan fingerprint density at radius 1 is 1.54 bits per heavy atom. The lowest BCUT2D eigenvalue weighted by atomic mass is 9.84. The smallest absolute Gasteiger partial charge is 0.0115 e. The molecule has 0 unspecified atom stereocenters. The zero-order valence-electron chi connectivity index (χ0n) is 8.71. The molecule has 1 aromatic heterocycles. The second kappa shape index (κ2) is 4.10. The van der Waals surface area contributed by atoms with Gasteiger partial charge in [-0.05, 0) is 23.3 Å². The second-order valence-corrected chi connectivity index (χ2v) is 5.60. The van der Waals surface area contributed by atoms with Crippen LogP contribution in [-0.4, -0.2) is 0 Å². The zero-order chi connectivity index (χ0) is 9.90. The van der Waals surface area contributed by atoms with E-state index in [9.17, 15) is 0 Å². The number of hydrogen-bond donors (Lipinski definition) is 0. The number of hydrogen-bond acceptors (Lipinski definition) is 1. The van der Waals surface area contributed by atoms with Crippen molar-refractivity contribution in [1.82, 2.24) is 0 Å². The lowest BCUT2D eigenvalue weighted by molar-refractivity contribution is 0.362. The molecule has 0 aliphatic carbocycles. The van der Waals surface area contributed by atoms with E-state index >= 15 is 0 Å². The summed E-state index contributed by atoms with van der Waals surface area (Å²) in [7, 11) is 0. The van der Waals surface area contributed by atoms with Gasteiger partial charge in [0.1, 0.15) is 0 Å². The van der Waals surface area contributed by atoms with E-state index in [4.69, 9.17) is 0 Å². The average Bonchev–Trinajstić information content (AvgIpc) is 2.50. The van der Waals surface area contributed by atoms with E-state index in [0.717, 1.165) is 0 Å². The lowest BCUT2D eigenvalue weighted by Gasteiger charge is -2.22. The third kappa shape index (κ3) is 3.35. The highest BCUT2D eigenvalue weighted by atomic mass is 32.1. The Balaban J connectivity index is 2.70. The monoisotopic (exact) mass is 194 g/mol. The van der Waals surface area contributed by atoms with Crippen molar-refractivity contribution >= 4 is 11.3 Å². The molecule has 1 heterocycles. The van der Waals surface area contributed by atoms with E-state index in [1.807, 2.05) is 11.3 Å². The van der Waals surface area contributed by atoms with E-state index in [-0.39, 0.29) is 0 Å². The standard InChI is InChI=1S/C12H18S/c1-5-10(9-12(2,3)4)11-7-6-8-13-11/h5-8,10H,1,9H2,2-4H3/t10-/m1/s1. The molecule has 0 aliphatic heterocycles. The molecule has 0 saturated carbocycles. The van der Waals surface area contributed by atoms with Crippen LogP contribution in [0.4, 0.5) is 0 Å².